The minimum absolute atomic E-state index is 0.173. The lowest BCUT2D eigenvalue weighted by Gasteiger charge is -2.20. The minimum Gasteiger partial charge on any atom is -0.378 e. The second-order valence-electron chi connectivity index (χ2n) is 4.81. The molecule has 3 nitrogen and oxygen atoms in total. The van der Waals surface area contributed by atoms with E-state index in [-0.39, 0.29) is 6.04 Å². The molecular formula is C15H18ClN3. The van der Waals surface area contributed by atoms with Gasteiger partial charge in [0.2, 0.25) is 0 Å². The Balaban J connectivity index is 2.28. The summed E-state index contributed by atoms with van der Waals surface area (Å²) >= 11 is 5.89. The van der Waals surface area contributed by atoms with E-state index >= 15 is 0 Å². The molecule has 0 aliphatic heterocycles. The Hall–Kier alpha value is -1.61. The van der Waals surface area contributed by atoms with E-state index in [4.69, 9.17) is 11.6 Å². The second kappa shape index (κ2) is 5.57. The third kappa shape index (κ3) is 3.24. The predicted molar refractivity (Wildman–Crippen MR) is 79.7 cm³/mol. The zero-order chi connectivity index (χ0) is 14.0. The van der Waals surface area contributed by atoms with E-state index in [1.165, 1.54) is 11.1 Å². The fourth-order valence-corrected chi connectivity index (χ4v) is 2.68. The van der Waals surface area contributed by atoms with Gasteiger partial charge >= 0.3 is 0 Å². The van der Waals surface area contributed by atoms with Crippen molar-refractivity contribution >= 4 is 17.3 Å². The molecule has 19 heavy (non-hydrogen) atoms. The van der Waals surface area contributed by atoms with Gasteiger partial charge in [0, 0.05) is 23.3 Å². The Bertz CT molecular complexity index is 573. The van der Waals surface area contributed by atoms with Gasteiger partial charge in [-0.05, 0) is 57.0 Å². The number of nitrogens with one attached hydrogen (secondary N) is 1. The summed E-state index contributed by atoms with van der Waals surface area (Å²) in [6, 6.07) is 6.02. The van der Waals surface area contributed by atoms with Crippen LogP contribution in [0.3, 0.4) is 0 Å². The lowest BCUT2D eigenvalue weighted by molar-refractivity contribution is 0.842. The lowest BCUT2D eigenvalue weighted by atomic mass is 10.0. The van der Waals surface area contributed by atoms with E-state index in [2.05, 4.69) is 35.2 Å². The van der Waals surface area contributed by atoms with E-state index in [9.17, 15) is 0 Å². The molecule has 0 spiro atoms. The summed E-state index contributed by atoms with van der Waals surface area (Å²) in [6.07, 6.45) is 1.70. The van der Waals surface area contributed by atoms with Gasteiger partial charge < -0.3 is 5.32 Å². The zero-order valence-electron chi connectivity index (χ0n) is 11.7. The average molecular weight is 276 g/mol. The second-order valence-corrected chi connectivity index (χ2v) is 5.20. The van der Waals surface area contributed by atoms with Crippen LogP contribution in [0.25, 0.3) is 0 Å². The first-order valence-corrected chi connectivity index (χ1v) is 6.68. The van der Waals surface area contributed by atoms with Gasteiger partial charge in [0.25, 0.3) is 0 Å². The van der Waals surface area contributed by atoms with Crippen LogP contribution in [-0.4, -0.2) is 9.97 Å². The summed E-state index contributed by atoms with van der Waals surface area (Å²) in [5.41, 5.74) is 5.58. The molecule has 0 fully saturated rings. The number of aromatic nitrogens is 2. The van der Waals surface area contributed by atoms with Crippen molar-refractivity contribution in [3.8, 4) is 0 Å². The normalized spacial score (nSPS) is 12.3. The number of hydrogen-bond acceptors (Lipinski definition) is 3. The largest absolute Gasteiger partial charge is 0.378 e. The highest BCUT2D eigenvalue weighted by Gasteiger charge is 2.13. The van der Waals surface area contributed by atoms with E-state index in [0.29, 0.717) is 5.15 Å². The molecule has 0 radical (unpaired) electrons. The Morgan fingerprint density at radius 2 is 1.95 bits per heavy atom. The lowest BCUT2D eigenvalue weighted by Crippen LogP contribution is -2.11. The highest BCUT2D eigenvalue weighted by Crippen LogP contribution is 2.25. The molecule has 1 N–H and O–H groups in total. The maximum Gasteiger partial charge on any atom is 0.131 e. The summed E-state index contributed by atoms with van der Waals surface area (Å²) in [4.78, 5) is 8.52. The van der Waals surface area contributed by atoms with Crippen LogP contribution in [0.5, 0.6) is 0 Å². The number of hydrogen-bond donors (Lipinski definition) is 1. The Labute approximate surface area is 119 Å². The molecule has 0 aliphatic rings. The number of halogens is 1. The highest BCUT2D eigenvalue weighted by atomic mass is 35.5. The van der Waals surface area contributed by atoms with Gasteiger partial charge in [-0.15, -0.1) is 0 Å². The van der Waals surface area contributed by atoms with Gasteiger partial charge in [0.1, 0.15) is 5.15 Å². The van der Waals surface area contributed by atoms with Crippen molar-refractivity contribution < 1.29 is 0 Å². The van der Waals surface area contributed by atoms with Gasteiger partial charge in [-0.3, -0.25) is 4.98 Å². The molecule has 0 saturated carbocycles. The SMILES string of the molecule is Cc1cc(C)c(C(C)Nc2ccnc(Cl)c2)c(C)n1. The molecule has 2 heterocycles. The predicted octanol–water partition coefficient (Wildman–Crippen LogP) is 4.23. The molecule has 2 aromatic heterocycles. The molecule has 1 atom stereocenters. The summed E-state index contributed by atoms with van der Waals surface area (Å²) in [5, 5.41) is 3.93. The topological polar surface area (TPSA) is 37.8 Å². The van der Waals surface area contributed by atoms with Gasteiger partial charge in [0.15, 0.2) is 0 Å². The third-order valence-electron chi connectivity index (χ3n) is 3.13. The first kappa shape index (κ1) is 13.8. The van der Waals surface area contributed by atoms with Crippen LogP contribution < -0.4 is 5.32 Å². The van der Waals surface area contributed by atoms with Crippen molar-refractivity contribution in [2.45, 2.75) is 33.7 Å². The van der Waals surface area contributed by atoms with Gasteiger partial charge in [0.05, 0.1) is 6.04 Å². The smallest absolute Gasteiger partial charge is 0.131 e. The molecule has 2 aromatic rings. The van der Waals surface area contributed by atoms with Crippen LogP contribution >= 0.6 is 11.6 Å². The average Bonchev–Trinajstić information content (AvgIpc) is 2.27. The van der Waals surface area contributed by atoms with Crippen molar-refractivity contribution in [1.82, 2.24) is 9.97 Å². The van der Waals surface area contributed by atoms with Gasteiger partial charge in [-0.25, -0.2) is 4.98 Å². The molecule has 0 bridgehead atoms. The fourth-order valence-electron chi connectivity index (χ4n) is 2.50. The van der Waals surface area contributed by atoms with Crippen molar-refractivity contribution in [2.24, 2.45) is 0 Å². The summed E-state index contributed by atoms with van der Waals surface area (Å²) in [7, 11) is 0. The molecule has 0 saturated heterocycles. The first-order valence-electron chi connectivity index (χ1n) is 6.30. The molecule has 0 amide bonds. The fraction of sp³-hybridized carbons (Fsp3) is 0.333. The monoisotopic (exact) mass is 275 g/mol. The number of anilines is 1. The summed E-state index contributed by atoms with van der Waals surface area (Å²) in [6.45, 7) is 8.31. The van der Waals surface area contributed by atoms with Crippen molar-refractivity contribution in [2.75, 3.05) is 5.32 Å². The molecule has 2 rings (SSSR count). The maximum absolute atomic E-state index is 5.89. The number of aryl methyl sites for hydroxylation is 3. The third-order valence-corrected chi connectivity index (χ3v) is 3.33. The number of rotatable bonds is 3. The standard InChI is InChI=1S/C15H18ClN3/c1-9-7-10(2)18-11(3)15(9)12(4)19-13-5-6-17-14(16)8-13/h5-8,12H,1-4H3,(H,17,19). The van der Waals surface area contributed by atoms with Crippen LogP contribution in [0.15, 0.2) is 24.4 Å². The van der Waals surface area contributed by atoms with E-state index < -0.39 is 0 Å². The first-order chi connectivity index (χ1) is 8.97. The Morgan fingerprint density at radius 3 is 2.58 bits per heavy atom. The quantitative estimate of drug-likeness (QED) is 0.852. The van der Waals surface area contributed by atoms with Crippen LogP contribution in [-0.2, 0) is 0 Å². The molecule has 4 heteroatoms. The van der Waals surface area contributed by atoms with E-state index in [1.54, 1.807) is 6.20 Å². The van der Waals surface area contributed by atoms with E-state index in [1.807, 2.05) is 26.0 Å². The molecule has 1 unspecified atom stereocenters. The summed E-state index contributed by atoms with van der Waals surface area (Å²) < 4.78 is 0. The van der Waals surface area contributed by atoms with Crippen LogP contribution in [0.4, 0.5) is 5.69 Å². The minimum atomic E-state index is 0.173. The van der Waals surface area contributed by atoms with Crippen molar-refractivity contribution in [3.05, 3.63) is 52.1 Å². The van der Waals surface area contributed by atoms with Crippen molar-refractivity contribution in [1.29, 1.82) is 0 Å². The molecule has 100 valence electrons. The van der Waals surface area contributed by atoms with Gasteiger partial charge in [-0.2, -0.15) is 0 Å². The Morgan fingerprint density at radius 1 is 1.21 bits per heavy atom. The molecular weight excluding hydrogens is 258 g/mol. The molecule has 0 aliphatic carbocycles. The summed E-state index contributed by atoms with van der Waals surface area (Å²) in [5.74, 6) is 0. The van der Waals surface area contributed by atoms with E-state index in [0.717, 1.165) is 17.1 Å². The number of nitrogens with zero attached hydrogens (tertiary/aromatic N) is 2. The Kier molecular flexibility index (Phi) is 4.05. The zero-order valence-corrected chi connectivity index (χ0v) is 12.4. The van der Waals surface area contributed by atoms with Crippen LogP contribution in [0.1, 0.15) is 35.5 Å². The molecule has 0 aromatic carbocycles. The van der Waals surface area contributed by atoms with Crippen LogP contribution in [0, 0.1) is 20.8 Å². The van der Waals surface area contributed by atoms with Crippen molar-refractivity contribution in [3.63, 3.8) is 0 Å². The maximum atomic E-state index is 5.89. The van der Waals surface area contributed by atoms with Gasteiger partial charge in [-0.1, -0.05) is 11.6 Å². The number of pyridine rings is 2. The van der Waals surface area contributed by atoms with Crippen LogP contribution in [0.2, 0.25) is 5.15 Å². The highest BCUT2D eigenvalue weighted by molar-refractivity contribution is 6.29.